The Morgan fingerprint density at radius 2 is 2.19 bits per heavy atom. The largest absolute Gasteiger partial charge is 0.310 e. The molecule has 0 spiro atoms. The van der Waals surface area contributed by atoms with E-state index in [0.717, 1.165) is 24.1 Å². The third-order valence-corrected chi connectivity index (χ3v) is 3.50. The molecular weight excluding hydrogens is 201 g/mol. The van der Waals surface area contributed by atoms with Crippen LogP contribution in [0.4, 0.5) is 4.39 Å². The molecule has 2 heteroatoms. The summed E-state index contributed by atoms with van der Waals surface area (Å²) in [5.74, 6) is -0.0560. The van der Waals surface area contributed by atoms with Gasteiger partial charge in [-0.15, -0.1) is 0 Å². The van der Waals surface area contributed by atoms with Gasteiger partial charge in [0.15, 0.2) is 0 Å². The van der Waals surface area contributed by atoms with Crippen molar-refractivity contribution < 1.29 is 4.39 Å². The van der Waals surface area contributed by atoms with Gasteiger partial charge in [-0.3, -0.25) is 0 Å². The van der Waals surface area contributed by atoms with Crippen LogP contribution >= 0.6 is 0 Å². The molecular formula is C14H20FN. The van der Waals surface area contributed by atoms with Gasteiger partial charge in [0, 0.05) is 6.04 Å². The molecule has 1 unspecified atom stereocenters. The summed E-state index contributed by atoms with van der Waals surface area (Å²) in [4.78, 5) is 0. The van der Waals surface area contributed by atoms with Crippen molar-refractivity contribution in [2.45, 2.75) is 45.6 Å². The Hall–Kier alpha value is -0.890. The van der Waals surface area contributed by atoms with Crippen LogP contribution in [0.5, 0.6) is 0 Å². The molecule has 88 valence electrons. The van der Waals surface area contributed by atoms with Crippen LogP contribution in [0.25, 0.3) is 0 Å². The first-order valence-electron chi connectivity index (χ1n) is 6.24. The fraction of sp³-hybridized carbons (Fsp3) is 0.571. The van der Waals surface area contributed by atoms with Crippen molar-refractivity contribution in [2.24, 2.45) is 0 Å². The summed E-state index contributed by atoms with van der Waals surface area (Å²) < 4.78 is 13.6. The van der Waals surface area contributed by atoms with E-state index in [2.05, 4.69) is 5.32 Å². The molecule has 1 saturated heterocycles. The maximum Gasteiger partial charge on any atom is 0.126 e. The van der Waals surface area contributed by atoms with Crippen molar-refractivity contribution in [3.63, 3.8) is 0 Å². The SMILES string of the molecule is CCc1cc(C2CCCCN2)c(C)cc1F. The van der Waals surface area contributed by atoms with Crippen LogP contribution in [0.1, 0.15) is 48.9 Å². The van der Waals surface area contributed by atoms with Gasteiger partial charge in [0.1, 0.15) is 5.82 Å². The molecule has 0 saturated carbocycles. The molecule has 0 amide bonds. The van der Waals surface area contributed by atoms with Gasteiger partial charge in [-0.1, -0.05) is 19.4 Å². The minimum Gasteiger partial charge on any atom is -0.310 e. The highest BCUT2D eigenvalue weighted by atomic mass is 19.1. The van der Waals surface area contributed by atoms with Gasteiger partial charge in [-0.2, -0.15) is 0 Å². The Labute approximate surface area is 97.1 Å². The maximum absolute atomic E-state index is 13.6. The molecule has 0 radical (unpaired) electrons. The summed E-state index contributed by atoms with van der Waals surface area (Å²) in [5, 5.41) is 3.52. The Kier molecular flexibility index (Phi) is 3.59. The lowest BCUT2D eigenvalue weighted by Gasteiger charge is -2.26. The predicted molar refractivity (Wildman–Crippen MR) is 65.1 cm³/mol. The Morgan fingerprint density at radius 1 is 1.38 bits per heavy atom. The zero-order valence-electron chi connectivity index (χ0n) is 10.1. The molecule has 16 heavy (non-hydrogen) atoms. The first kappa shape index (κ1) is 11.6. The molecule has 1 nitrogen and oxygen atoms in total. The van der Waals surface area contributed by atoms with Crippen LogP contribution in [-0.2, 0) is 6.42 Å². The van der Waals surface area contributed by atoms with Crippen molar-refractivity contribution in [1.29, 1.82) is 0 Å². The number of benzene rings is 1. The number of nitrogens with one attached hydrogen (secondary N) is 1. The lowest BCUT2D eigenvalue weighted by atomic mass is 9.92. The number of piperidine rings is 1. The average Bonchev–Trinajstić information content (AvgIpc) is 2.30. The van der Waals surface area contributed by atoms with Crippen molar-refractivity contribution in [2.75, 3.05) is 6.54 Å². The standard InChI is InChI=1S/C14H20FN/c1-3-11-9-12(10(2)8-13(11)15)14-6-4-5-7-16-14/h8-9,14,16H,3-7H2,1-2H3. The van der Waals surface area contributed by atoms with Gasteiger partial charge in [0.05, 0.1) is 0 Å². The fourth-order valence-corrected chi connectivity index (χ4v) is 2.50. The first-order chi connectivity index (χ1) is 7.72. The molecule has 1 atom stereocenters. The van der Waals surface area contributed by atoms with E-state index in [1.54, 1.807) is 6.07 Å². The van der Waals surface area contributed by atoms with Crippen LogP contribution in [0.3, 0.4) is 0 Å². The fourth-order valence-electron chi connectivity index (χ4n) is 2.50. The molecule has 1 aliphatic heterocycles. The number of hydrogen-bond donors (Lipinski definition) is 1. The lowest BCUT2D eigenvalue weighted by molar-refractivity contribution is 0.410. The van der Waals surface area contributed by atoms with E-state index in [1.807, 2.05) is 19.9 Å². The van der Waals surface area contributed by atoms with Gasteiger partial charge < -0.3 is 5.32 Å². The Morgan fingerprint density at radius 3 is 2.81 bits per heavy atom. The number of halogens is 1. The maximum atomic E-state index is 13.6. The molecule has 1 aliphatic rings. The van der Waals surface area contributed by atoms with Gasteiger partial charge in [-0.25, -0.2) is 4.39 Å². The van der Waals surface area contributed by atoms with Crippen molar-refractivity contribution in [3.8, 4) is 0 Å². The molecule has 0 aliphatic carbocycles. The monoisotopic (exact) mass is 221 g/mol. The molecule has 1 N–H and O–H groups in total. The molecule has 0 bridgehead atoms. The van der Waals surface area contributed by atoms with Gasteiger partial charge in [-0.05, 0) is 55.5 Å². The topological polar surface area (TPSA) is 12.0 Å². The van der Waals surface area contributed by atoms with E-state index in [9.17, 15) is 4.39 Å². The Balaban J connectivity index is 2.31. The Bertz CT molecular complexity index is 367. The second-order valence-corrected chi connectivity index (χ2v) is 4.66. The summed E-state index contributed by atoms with van der Waals surface area (Å²) in [5.41, 5.74) is 3.21. The van der Waals surface area contributed by atoms with Crippen LogP contribution in [0, 0.1) is 12.7 Å². The predicted octanol–water partition coefficient (Wildman–Crippen LogP) is 3.51. The van der Waals surface area contributed by atoms with Crippen LogP contribution < -0.4 is 5.32 Å². The van der Waals surface area contributed by atoms with Crippen molar-refractivity contribution in [3.05, 3.63) is 34.6 Å². The van der Waals surface area contributed by atoms with Crippen LogP contribution in [-0.4, -0.2) is 6.54 Å². The van der Waals surface area contributed by atoms with Crippen molar-refractivity contribution >= 4 is 0 Å². The summed E-state index contributed by atoms with van der Waals surface area (Å²) in [7, 11) is 0. The second-order valence-electron chi connectivity index (χ2n) is 4.66. The van der Waals surface area contributed by atoms with Crippen LogP contribution in [0.15, 0.2) is 12.1 Å². The number of rotatable bonds is 2. The summed E-state index contributed by atoms with van der Waals surface area (Å²) >= 11 is 0. The third-order valence-electron chi connectivity index (χ3n) is 3.50. The zero-order chi connectivity index (χ0) is 11.5. The molecule has 0 aromatic heterocycles. The molecule has 1 fully saturated rings. The highest BCUT2D eigenvalue weighted by molar-refractivity contribution is 5.35. The molecule has 1 heterocycles. The van der Waals surface area contributed by atoms with Crippen molar-refractivity contribution in [1.82, 2.24) is 5.32 Å². The molecule has 1 aromatic rings. The van der Waals surface area contributed by atoms with E-state index in [0.29, 0.717) is 6.04 Å². The van der Waals surface area contributed by atoms with E-state index >= 15 is 0 Å². The lowest BCUT2D eigenvalue weighted by Crippen LogP contribution is -2.27. The molecule has 1 aromatic carbocycles. The van der Waals surface area contributed by atoms with Gasteiger partial charge in [0.25, 0.3) is 0 Å². The van der Waals surface area contributed by atoms with E-state index in [-0.39, 0.29) is 5.82 Å². The highest BCUT2D eigenvalue weighted by Crippen LogP contribution is 2.27. The van der Waals surface area contributed by atoms with Gasteiger partial charge >= 0.3 is 0 Å². The van der Waals surface area contributed by atoms with E-state index in [4.69, 9.17) is 0 Å². The quantitative estimate of drug-likeness (QED) is 0.805. The molecule has 2 rings (SSSR count). The third kappa shape index (κ3) is 2.27. The average molecular weight is 221 g/mol. The number of aryl methyl sites for hydroxylation is 2. The number of hydrogen-bond acceptors (Lipinski definition) is 1. The van der Waals surface area contributed by atoms with E-state index in [1.165, 1.54) is 24.8 Å². The van der Waals surface area contributed by atoms with Crippen LogP contribution in [0.2, 0.25) is 0 Å². The smallest absolute Gasteiger partial charge is 0.126 e. The summed E-state index contributed by atoms with van der Waals surface area (Å²) in [6, 6.07) is 4.16. The minimum absolute atomic E-state index is 0.0560. The highest BCUT2D eigenvalue weighted by Gasteiger charge is 2.17. The zero-order valence-corrected chi connectivity index (χ0v) is 10.1. The van der Waals surface area contributed by atoms with Gasteiger partial charge in [0.2, 0.25) is 0 Å². The minimum atomic E-state index is -0.0560. The van der Waals surface area contributed by atoms with E-state index < -0.39 is 0 Å². The second kappa shape index (κ2) is 4.96. The first-order valence-corrected chi connectivity index (χ1v) is 6.24. The summed E-state index contributed by atoms with van der Waals surface area (Å²) in [6.45, 7) is 5.10. The summed E-state index contributed by atoms with van der Waals surface area (Å²) in [6.07, 6.45) is 4.48. The normalized spacial score (nSPS) is 21.1.